The highest BCUT2D eigenvalue weighted by atomic mass is 16.6. The Balaban J connectivity index is 1.76. The van der Waals surface area contributed by atoms with Crippen LogP contribution in [0.5, 0.6) is 11.5 Å². The molecule has 3 atom stereocenters. The Labute approximate surface area is 244 Å². The van der Waals surface area contributed by atoms with Crippen molar-refractivity contribution < 1.29 is 33.3 Å². The van der Waals surface area contributed by atoms with Gasteiger partial charge in [-0.2, -0.15) is 0 Å². The topological polar surface area (TPSA) is 92.3 Å². The van der Waals surface area contributed by atoms with Gasteiger partial charge in [-0.3, -0.25) is 0 Å². The van der Waals surface area contributed by atoms with Gasteiger partial charge >= 0.3 is 12.1 Å². The van der Waals surface area contributed by atoms with Gasteiger partial charge in [0.1, 0.15) is 12.7 Å². The van der Waals surface area contributed by atoms with E-state index in [-0.39, 0.29) is 18.5 Å². The zero-order chi connectivity index (χ0) is 29.8. The van der Waals surface area contributed by atoms with Crippen LogP contribution < -0.4 is 14.8 Å². The third-order valence-corrected chi connectivity index (χ3v) is 7.45. The molecule has 0 radical (unpaired) electrons. The highest BCUT2D eigenvalue weighted by Crippen LogP contribution is 2.33. The van der Waals surface area contributed by atoms with Crippen LogP contribution in [0.4, 0.5) is 4.79 Å². The smallest absolute Gasteiger partial charge is 0.407 e. The summed E-state index contributed by atoms with van der Waals surface area (Å²) < 4.78 is 28.0. The Hall–Kier alpha value is -3.52. The SMILES string of the molecule is COCCCOc1cc(C[C@@H](C[C@H](NC(=O)OCc2ccccc2)[C@@H]2CC(=C(C)C)C(=O)O2)C(C)C)ccc1OC. The lowest BCUT2D eigenvalue weighted by Gasteiger charge is -2.30. The van der Waals surface area contributed by atoms with Crippen molar-refractivity contribution in [3.05, 3.63) is 70.8 Å². The van der Waals surface area contributed by atoms with Gasteiger partial charge in [0.2, 0.25) is 0 Å². The van der Waals surface area contributed by atoms with Crippen LogP contribution in [0.25, 0.3) is 0 Å². The minimum atomic E-state index is -0.528. The van der Waals surface area contributed by atoms with Crippen LogP contribution in [0.15, 0.2) is 59.7 Å². The first kappa shape index (κ1) is 32.0. The largest absolute Gasteiger partial charge is 0.493 e. The van der Waals surface area contributed by atoms with Crippen molar-refractivity contribution in [1.29, 1.82) is 0 Å². The van der Waals surface area contributed by atoms with Gasteiger partial charge in [-0.1, -0.05) is 55.8 Å². The van der Waals surface area contributed by atoms with Crippen molar-refractivity contribution in [2.75, 3.05) is 27.4 Å². The molecule has 1 aliphatic rings. The highest BCUT2D eigenvalue weighted by molar-refractivity contribution is 5.91. The van der Waals surface area contributed by atoms with Crippen LogP contribution in [-0.4, -0.2) is 51.6 Å². The number of hydrogen-bond acceptors (Lipinski definition) is 7. The van der Waals surface area contributed by atoms with E-state index >= 15 is 0 Å². The number of nitrogens with one attached hydrogen (secondary N) is 1. The molecule has 1 fully saturated rings. The lowest BCUT2D eigenvalue weighted by molar-refractivity contribution is -0.140. The van der Waals surface area contributed by atoms with Crippen LogP contribution in [0.2, 0.25) is 0 Å². The highest BCUT2D eigenvalue weighted by Gasteiger charge is 2.38. The molecule has 1 N–H and O–H groups in total. The Morgan fingerprint density at radius 3 is 2.41 bits per heavy atom. The maximum atomic E-state index is 12.9. The molecule has 8 nitrogen and oxygen atoms in total. The number of esters is 1. The molecule has 1 heterocycles. The second-order valence-electron chi connectivity index (χ2n) is 11.1. The quantitative estimate of drug-likeness (QED) is 0.154. The molecule has 2 aromatic rings. The third-order valence-electron chi connectivity index (χ3n) is 7.45. The normalized spacial score (nSPS) is 16.2. The van der Waals surface area contributed by atoms with Gasteiger partial charge < -0.3 is 29.0 Å². The number of alkyl carbamates (subject to hydrolysis) is 1. The Bertz CT molecular complexity index is 1160. The fourth-order valence-corrected chi connectivity index (χ4v) is 4.95. The summed E-state index contributed by atoms with van der Waals surface area (Å²) in [6.07, 6.45) is 1.61. The first-order valence-electron chi connectivity index (χ1n) is 14.3. The Morgan fingerprint density at radius 1 is 1.02 bits per heavy atom. The summed E-state index contributed by atoms with van der Waals surface area (Å²) in [5, 5.41) is 3.03. The van der Waals surface area contributed by atoms with Gasteiger partial charge in [-0.25, -0.2) is 9.59 Å². The van der Waals surface area contributed by atoms with Gasteiger partial charge in [0.25, 0.3) is 0 Å². The zero-order valence-electron chi connectivity index (χ0n) is 25.2. The van der Waals surface area contributed by atoms with Crippen molar-refractivity contribution in [1.82, 2.24) is 5.32 Å². The number of allylic oxidation sites excluding steroid dienone is 1. The van der Waals surface area contributed by atoms with Gasteiger partial charge in [-0.15, -0.1) is 0 Å². The molecule has 0 unspecified atom stereocenters. The Morgan fingerprint density at radius 2 is 1.78 bits per heavy atom. The number of cyclic esters (lactones) is 1. The van der Waals surface area contributed by atoms with Crippen LogP contribution in [-0.2, 0) is 32.0 Å². The van der Waals surface area contributed by atoms with E-state index in [2.05, 4.69) is 19.2 Å². The molecule has 0 bridgehead atoms. The summed E-state index contributed by atoms with van der Waals surface area (Å²) in [4.78, 5) is 25.5. The van der Waals surface area contributed by atoms with Crippen LogP contribution in [0.1, 0.15) is 58.1 Å². The lowest BCUT2D eigenvalue weighted by Crippen LogP contribution is -2.45. The van der Waals surface area contributed by atoms with E-state index in [0.717, 1.165) is 29.5 Å². The minimum absolute atomic E-state index is 0.162. The first-order valence-corrected chi connectivity index (χ1v) is 14.3. The van der Waals surface area contributed by atoms with Crippen molar-refractivity contribution in [3.63, 3.8) is 0 Å². The second-order valence-corrected chi connectivity index (χ2v) is 11.1. The Kier molecular flexibility index (Phi) is 12.5. The summed E-state index contributed by atoms with van der Waals surface area (Å²) >= 11 is 0. The maximum absolute atomic E-state index is 12.9. The number of carbonyl (C=O) groups is 2. The molecule has 0 aromatic heterocycles. The van der Waals surface area contributed by atoms with Crippen LogP contribution in [0.3, 0.4) is 0 Å². The number of hydrogen-bond donors (Lipinski definition) is 1. The molecule has 1 saturated heterocycles. The molecule has 0 aliphatic carbocycles. The van der Waals surface area contributed by atoms with Gasteiger partial charge in [0.05, 0.1) is 19.8 Å². The van der Waals surface area contributed by atoms with Gasteiger partial charge in [-0.05, 0) is 61.8 Å². The molecule has 224 valence electrons. The summed E-state index contributed by atoms with van der Waals surface area (Å²) in [5.74, 6) is 1.54. The molecular formula is C33H45NO7. The van der Waals surface area contributed by atoms with E-state index in [1.807, 2.05) is 62.4 Å². The number of carbonyl (C=O) groups excluding carboxylic acids is 2. The minimum Gasteiger partial charge on any atom is -0.493 e. The predicted molar refractivity (Wildman–Crippen MR) is 158 cm³/mol. The molecule has 41 heavy (non-hydrogen) atoms. The number of benzene rings is 2. The zero-order valence-corrected chi connectivity index (χ0v) is 25.2. The average Bonchev–Trinajstić information content (AvgIpc) is 3.36. The number of amides is 1. The van der Waals surface area contributed by atoms with Crippen molar-refractivity contribution in [2.45, 2.75) is 72.1 Å². The first-order chi connectivity index (χ1) is 19.7. The molecular weight excluding hydrogens is 522 g/mol. The van der Waals surface area contributed by atoms with E-state index in [1.54, 1.807) is 14.2 Å². The summed E-state index contributed by atoms with van der Waals surface area (Å²) in [5.41, 5.74) is 3.61. The average molecular weight is 568 g/mol. The maximum Gasteiger partial charge on any atom is 0.407 e. The predicted octanol–water partition coefficient (Wildman–Crippen LogP) is 6.26. The van der Waals surface area contributed by atoms with Crippen LogP contribution >= 0.6 is 0 Å². The number of methoxy groups -OCH3 is 2. The standard InChI is InChI=1S/C33H45NO7/c1-22(2)26(17-25-13-14-29(38-6)31(18-25)39-16-10-15-37-5)19-28(30-20-27(23(3)4)32(35)41-30)34-33(36)40-21-24-11-8-7-9-12-24/h7-9,11-14,18,22,26,28,30H,10,15-17,19-21H2,1-6H3,(H,34,36)/t26-,28-,30-/m0/s1. The molecule has 0 spiro atoms. The van der Waals surface area contributed by atoms with E-state index in [1.165, 1.54) is 0 Å². The molecule has 8 heteroatoms. The van der Waals surface area contributed by atoms with Crippen molar-refractivity contribution in [2.24, 2.45) is 11.8 Å². The lowest BCUT2D eigenvalue weighted by atomic mass is 9.82. The third kappa shape index (κ3) is 9.81. The monoisotopic (exact) mass is 567 g/mol. The fraction of sp³-hybridized carbons (Fsp3) is 0.515. The van der Waals surface area contributed by atoms with Crippen molar-refractivity contribution in [3.8, 4) is 11.5 Å². The molecule has 1 amide bonds. The van der Waals surface area contributed by atoms with E-state index in [9.17, 15) is 9.59 Å². The van der Waals surface area contributed by atoms with Crippen molar-refractivity contribution >= 4 is 12.1 Å². The fourth-order valence-electron chi connectivity index (χ4n) is 4.95. The molecule has 0 saturated carbocycles. The molecule has 3 rings (SSSR count). The summed E-state index contributed by atoms with van der Waals surface area (Å²) in [6, 6.07) is 15.1. The number of rotatable bonds is 15. The van der Waals surface area contributed by atoms with E-state index < -0.39 is 18.2 Å². The summed E-state index contributed by atoms with van der Waals surface area (Å²) in [7, 11) is 3.30. The second kappa shape index (κ2) is 16.1. The molecule has 1 aliphatic heterocycles. The summed E-state index contributed by atoms with van der Waals surface area (Å²) in [6.45, 7) is 9.47. The van der Waals surface area contributed by atoms with E-state index in [4.69, 9.17) is 23.7 Å². The number of ether oxygens (including phenoxy) is 5. The van der Waals surface area contributed by atoms with Gasteiger partial charge in [0, 0.05) is 32.1 Å². The molecule has 2 aromatic carbocycles. The van der Waals surface area contributed by atoms with E-state index in [0.29, 0.717) is 49.0 Å². The van der Waals surface area contributed by atoms with Gasteiger partial charge in [0.15, 0.2) is 11.5 Å². The van der Waals surface area contributed by atoms with Crippen LogP contribution in [0, 0.1) is 11.8 Å².